The van der Waals surface area contributed by atoms with Crippen molar-refractivity contribution in [2.75, 3.05) is 20.3 Å². The van der Waals surface area contributed by atoms with Gasteiger partial charge in [-0.25, -0.2) is 0 Å². The topological polar surface area (TPSA) is 60.8 Å². The highest BCUT2D eigenvalue weighted by Gasteiger charge is 2.39. The van der Waals surface area contributed by atoms with Gasteiger partial charge in [0.25, 0.3) is 0 Å². The van der Waals surface area contributed by atoms with Crippen LogP contribution in [0.4, 0.5) is 0 Å². The number of rotatable bonds is 6. The van der Waals surface area contributed by atoms with E-state index in [4.69, 9.17) is 19.1 Å². The minimum atomic E-state index is -0.717. The molecule has 1 N–H and O–H groups in total. The molecule has 0 aliphatic carbocycles. The molecule has 0 amide bonds. The molecule has 1 fully saturated rings. The Morgan fingerprint density at radius 2 is 2.12 bits per heavy atom. The van der Waals surface area contributed by atoms with Gasteiger partial charge in [-0.2, -0.15) is 0 Å². The smallest absolute Gasteiger partial charge is 0.457 e. The first-order valence-electron chi connectivity index (χ1n) is 8.72. The Bertz CT molecular complexity index is 724. The number of methoxy groups -OCH3 is 1. The fourth-order valence-electron chi connectivity index (χ4n) is 3.04. The molecule has 1 aromatic carbocycles. The SMILES string of the molecule is CCCOc1cc(-c2cccc([C@H]3COB(O)[C@H]3C)n2)ccc1OC. The summed E-state index contributed by atoms with van der Waals surface area (Å²) >= 11 is 0. The molecule has 2 heterocycles. The zero-order valence-corrected chi connectivity index (χ0v) is 14.9. The number of ether oxygens (including phenoxy) is 2. The van der Waals surface area contributed by atoms with E-state index < -0.39 is 7.12 Å². The van der Waals surface area contributed by atoms with Crippen LogP contribution in [0.5, 0.6) is 11.5 Å². The maximum absolute atomic E-state index is 9.81. The lowest BCUT2D eigenvalue weighted by Crippen LogP contribution is -2.16. The van der Waals surface area contributed by atoms with Crippen molar-refractivity contribution in [1.82, 2.24) is 4.98 Å². The average Bonchev–Trinajstić information content (AvgIpc) is 2.98. The summed E-state index contributed by atoms with van der Waals surface area (Å²) < 4.78 is 16.5. The normalized spacial score (nSPS) is 19.9. The highest BCUT2D eigenvalue weighted by Crippen LogP contribution is 2.37. The lowest BCUT2D eigenvalue weighted by molar-refractivity contribution is 0.291. The van der Waals surface area contributed by atoms with Gasteiger partial charge in [0.15, 0.2) is 11.5 Å². The van der Waals surface area contributed by atoms with E-state index in [2.05, 4.69) is 6.92 Å². The van der Waals surface area contributed by atoms with Gasteiger partial charge in [0.2, 0.25) is 0 Å². The molecule has 1 saturated heterocycles. The third kappa shape index (κ3) is 3.80. The van der Waals surface area contributed by atoms with Crippen molar-refractivity contribution >= 4 is 7.12 Å². The third-order valence-corrected chi connectivity index (χ3v) is 4.60. The first kappa shape index (κ1) is 17.8. The van der Waals surface area contributed by atoms with Crippen molar-refractivity contribution in [3.63, 3.8) is 0 Å². The molecule has 2 atom stereocenters. The molecule has 0 radical (unpaired) electrons. The van der Waals surface area contributed by atoms with Crippen LogP contribution >= 0.6 is 0 Å². The molecule has 0 bridgehead atoms. The zero-order valence-electron chi connectivity index (χ0n) is 14.9. The molecule has 1 aliphatic rings. The number of hydrogen-bond acceptors (Lipinski definition) is 5. The minimum Gasteiger partial charge on any atom is -0.493 e. The van der Waals surface area contributed by atoms with Gasteiger partial charge in [-0.15, -0.1) is 0 Å². The Hall–Kier alpha value is -2.05. The van der Waals surface area contributed by atoms with Gasteiger partial charge in [-0.1, -0.05) is 19.9 Å². The summed E-state index contributed by atoms with van der Waals surface area (Å²) in [6.07, 6.45) is 0.934. The lowest BCUT2D eigenvalue weighted by Gasteiger charge is -2.15. The van der Waals surface area contributed by atoms with Crippen LogP contribution in [-0.4, -0.2) is 37.4 Å². The molecule has 0 spiro atoms. The first-order valence-corrected chi connectivity index (χ1v) is 8.72. The first-order chi connectivity index (χ1) is 12.1. The van der Waals surface area contributed by atoms with Crippen molar-refractivity contribution in [3.05, 3.63) is 42.1 Å². The third-order valence-electron chi connectivity index (χ3n) is 4.60. The van der Waals surface area contributed by atoms with E-state index in [0.29, 0.717) is 19.0 Å². The van der Waals surface area contributed by atoms with E-state index in [1.54, 1.807) is 7.11 Å². The predicted molar refractivity (Wildman–Crippen MR) is 98.1 cm³/mol. The quantitative estimate of drug-likeness (QED) is 0.815. The molecule has 2 aromatic rings. The summed E-state index contributed by atoms with van der Waals surface area (Å²) in [4.78, 5) is 4.80. The van der Waals surface area contributed by atoms with Gasteiger partial charge in [-0.05, 0) is 36.8 Å². The number of pyridine rings is 1. The van der Waals surface area contributed by atoms with E-state index in [-0.39, 0.29) is 11.7 Å². The van der Waals surface area contributed by atoms with Crippen molar-refractivity contribution in [3.8, 4) is 22.8 Å². The second-order valence-corrected chi connectivity index (χ2v) is 6.35. The van der Waals surface area contributed by atoms with Crippen LogP contribution in [-0.2, 0) is 4.65 Å². The zero-order chi connectivity index (χ0) is 17.8. The molecule has 1 aliphatic heterocycles. The van der Waals surface area contributed by atoms with E-state index in [1.807, 2.05) is 43.3 Å². The van der Waals surface area contributed by atoms with Crippen molar-refractivity contribution < 1.29 is 19.2 Å². The largest absolute Gasteiger partial charge is 0.493 e. The molecule has 132 valence electrons. The van der Waals surface area contributed by atoms with Gasteiger partial charge >= 0.3 is 7.12 Å². The van der Waals surface area contributed by atoms with Gasteiger partial charge in [0.1, 0.15) is 0 Å². The Balaban J connectivity index is 1.90. The molecule has 6 heteroatoms. The molecule has 25 heavy (non-hydrogen) atoms. The van der Waals surface area contributed by atoms with Gasteiger partial charge < -0.3 is 19.2 Å². The predicted octanol–water partition coefficient (Wildman–Crippen LogP) is 3.53. The number of nitrogens with zero attached hydrogens (tertiary/aromatic N) is 1. The molecule has 1 aromatic heterocycles. The molecule has 5 nitrogen and oxygen atoms in total. The van der Waals surface area contributed by atoms with E-state index in [9.17, 15) is 5.02 Å². The van der Waals surface area contributed by atoms with Crippen LogP contribution in [0.3, 0.4) is 0 Å². The molecule has 0 saturated carbocycles. The number of aromatic nitrogens is 1. The maximum Gasteiger partial charge on any atom is 0.457 e. The van der Waals surface area contributed by atoms with E-state index in [1.165, 1.54) is 0 Å². The molecule has 3 rings (SSSR count). The fourth-order valence-corrected chi connectivity index (χ4v) is 3.04. The maximum atomic E-state index is 9.81. The molecule has 0 unspecified atom stereocenters. The van der Waals surface area contributed by atoms with Crippen molar-refractivity contribution in [2.24, 2.45) is 0 Å². The van der Waals surface area contributed by atoms with Crippen LogP contribution < -0.4 is 9.47 Å². The van der Waals surface area contributed by atoms with Crippen LogP contribution in [0.2, 0.25) is 5.82 Å². The summed E-state index contributed by atoms with van der Waals surface area (Å²) in [7, 11) is 0.921. The van der Waals surface area contributed by atoms with Crippen LogP contribution in [0.1, 0.15) is 31.9 Å². The van der Waals surface area contributed by atoms with Crippen LogP contribution in [0.15, 0.2) is 36.4 Å². The number of hydrogen-bond donors (Lipinski definition) is 1. The highest BCUT2D eigenvalue weighted by atomic mass is 16.5. The Morgan fingerprint density at radius 3 is 2.80 bits per heavy atom. The van der Waals surface area contributed by atoms with Crippen molar-refractivity contribution in [2.45, 2.75) is 32.0 Å². The second kappa shape index (κ2) is 7.89. The fraction of sp³-hybridized carbons (Fsp3) is 0.421. The molecular formula is C19H24BNO4. The standard InChI is InChI=1S/C19H24BNO4/c1-4-10-24-19-11-14(8-9-18(19)23-3)16-6-5-7-17(21-16)15-12-25-20(22)13(15)2/h5-9,11,13,15,22H,4,10,12H2,1-3H3/t13-,15-/m0/s1. The van der Waals surface area contributed by atoms with Gasteiger partial charge in [0.05, 0.1) is 19.4 Å². The summed E-state index contributed by atoms with van der Waals surface area (Å²) in [6, 6.07) is 11.8. The highest BCUT2D eigenvalue weighted by molar-refractivity contribution is 6.45. The summed E-state index contributed by atoms with van der Waals surface area (Å²) in [5.41, 5.74) is 2.78. The summed E-state index contributed by atoms with van der Waals surface area (Å²) in [6.45, 7) is 5.19. The average molecular weight is 341 g/mol. The Morgan fingerprint density at radius 1 is 1.28 bits per heavy atom. The van der Waals surface area contributed by atoms with Crippen LogP contribution in [0.25, 0.3) is 11.3 Å². The van der Waals surface area contributed by atoms with E-state index >= 15 is 0 Å². The van der Waals surface area contributed by atoms with Crippen molar-refractivity contribution in [1.29, 1.82) is 0 Å². The lowest BCUT2D eigenvalue weighted by atomic mass is 9.69. The van der Waals surface area contributed by atoms with Gasteiger partial charge in [0, 0.05) is 29.6 Å². The van der Waals surface area contributed by atoms with E-state index in [0.717, 1.165) is 29.1 Å². The Kier molecular flexibility index (Phi) is 5.61. The monoisotopic (exact) mass is 341 g/mol. The van der Waals surface area contributed by atoms with Gasteiger partial charge in [-0.3, -0.25) is 4.98 Å². The second-order valence-electron chi connectivity index (χ2n) is 6.35. The summed E-state index contributed by atoms with van der Waals surface area (Å²) in [5.74, 6) is 1.57. The minimum absolute atomic E-state index is 0.0297. The molecular weight excluding hydrogens is 317 g/mol. The summed E-state index contributed by atoms with van der Waals surface area (Å²) in [5, 5.41) is 9.81. The number of benzene rings is 1. The Labute approximate surface area is 149 Å². The van der Waals surface area contributed by atoms with Crippen LogP contribution in [0, 0.1) is 0 Å².